The molecule has 1 unspecified atom stereocenters. The number of methoxy groups -OCH3 is 1. The van der Waals surface area contributed by atoms with Crippen molar-refractivity contribution in [2.45, 2.75) is 25.9 Å². The first-order chi connectivity index (χ1) is 17.1. The van der Waals surface area contributed by atoms with Gasteiger partial charge >= 0.3 is 0 Å². The number of anilines is 1. The highest BCUT2D eigenvalue weighted by Gasteiger charge is 2.14. The molecule has 4 aromatic rings. The predicted octanol–water partition coefficient (Wildman–Crippen LogP) is 4.75. The zero-order valence-electron chi connectivity index (χ0n) is 19.6. The molecule has 0 saturated carbocycles. The quantitative estimate of drug-likeness (QED) is 0.325. The van der Waals surface area contributed by atoms with E-state index < -0.39 is 0 Å². The van der Waals surface area contributed by atoms with Gasteiger partial charge in [-0.3, -0.25) is 14.8 Å². The molecule has 3 N–H and O–H groups in total. The third-order valence-electron chi connectivity index (χ3n) is 5.57. The monoisotopic (exact) mass is 469 g/mol. The van der Waals surface area contributed by atoms with Gasteiger partial charge in [-0.15, -0.1) is 0 Å². The predicted molar refractivity (Wildman–Crippen MR) is 134 cm³/mol. The summed E-state index contributed by atoms with van der Waals surface area (Å²) in [6, 6.07) is 16.3. The van der Waals surface area contributed by atoms with Gasteiger partial charge in [-0.1, -0.05) is 25.1 Å². The Hall–Kier alpha value is -4.46. The Morgan fingerprint density at radius 1 is 1.06 bits per heavy atom. The Kier molecular flexibility index (Phi) is 7.52. The van der Waals surface area contributed by atoms with Crippen LogP contribution in [0.1, 0.15) is 40.9 Å². The van der Waals surface area contributed by atoms with E-state index in [1.807, 2.05) is 30.3 Å². The molecule has 0 radical (unpaired) electrons. The molecule has 4 rings (SSSR count). The van der Waals surface area contributed by atoms with Gasteiger partial charge in [-0.05, 0) is 53.9 Å². The maximum Gasteiger partial charge on any atom is 0.251 e. The van der Waals surface area contributed by atoms with Crippen molar-refractivity contribution in [3.8, 4) is 22.8 Å². The average molecular weight is 470 g/mol. The fourth-order valence-corrected chi connectivity index (χ4v) is 3.69. The fourth-order valence-electron chi connectivity index (χ4n) is 3.69. The van der Waals surface area contributed by atoms with E-state index in [1.165, 1.54) is 7.11 Å². The van der Waals surface area contributed by atoms with Crippen molar-refractivity contribution in [3.05, 3.63) is 96.1 Å². The van der Waals surface area contributed by atoms with Crippen molar-refractivity contribution < 1.29 is 14.6 Å². The smallest absolute Gasteiger partial charge is 0.251 e. The molecule has 0 fully saturated rings. The van der Waals surface area contributed by atoms with Gasteiger partial charge < -0.3 is 20.5 Å². The first-order valence-electron chi connectivity index (χ1n) is 11.3. The van der Waals surface area contributed by atoms with Crippen LogP contribution in [0.4, 0.5) is 5.82 Å². The number of phenolic OH excluding ortho intramolecular Hbond substituents is 1. The van der Waals surface area contributed by atoms with Gasteiger partial charge in [-0.2, -0.15) is 0 Å². The Morgan fingerprint density at radius 2 is 1.94 bits per heavy atom. The number of hydrogen-bond acceptors (Lipinski definition) is 7. The molecule has 1 atom stereocenters. The molecule has 0 saturated heterocycles. The van der Waals surface area contributed by atoms with E-state index in [4.69, 9.17) is 4.74 Å². The summed E-state index contributed by atoms with van der Waals surface area (Å²) in [4.78, 5) is 25.8. The highest BCUT2D eigenvalue weighted by Crippen LogP contribution is 2.31. The third kappa shape index (κ3) is 5.92. The number of rotatable bonds is 9. The van der Waals surface area contributed by atoms with E-state index in [2.05, 4.69) is 32.5 Å². The minimum atomic E-state index is -0.145. The second kappa shape index (κ2) is 11.1. The number of carbonyl (C=O) groups excluding carboxylic acids is 1. The lowest BCUT2D eigenvalue weighted by Gasteiger charge is -2.19. The van der Waals surface area contributed by atoms with Gasteiger partial charge in [-0.25, -0.2) is 4.98 Å². The second-order valence-corrected chi connectivity index (χ2v) is 7.95. The van der Waals surface area contributed by atoms with E-state index >= 15 is 0 Å². The topological polar surface area (TPSA) is 109 Å². The fraction of sp³-hybridized carbons (Fsp3) is 0.185. The van der Waals surface area contributed by atoms with Crippen LogP contribution >= 0.6 is 0 Å². The van der Waals surface area contributed by atoms with Gasteiger partial charge in [0.05, 0.1) is 31.2 Å². The summed E-state index contributed by atoms with van der Waals surface area (Å²) in [5.74, 6) is 0.892. The zero-order chi connectivity index (χ0) is 24.6. The first-order valence-corrected chi connectivity index (χ1v) is 11.3. The van der Waals surface area contributed by atoms with Crippen LogP contribution in [0.5, 0.6) is 11.5 Å². The summed E-state index contributed by atoms with van der Waals surface area (Å²) in [6.45, 7) is 2.48. The van der Waals surface area contributed by atoms with Crippen molar-refractivity contribution in [1.82, 2.24) is 20.3 Å². The third-order valence-corrected chi connectivity index (χ3v) is 5.57. The summed E-state index contributed by atoms with van der Waals surface area (Å²) in [5, 5.41) is 16.2. The van der Waals surface area contributed by atoms with E-state index in [9.17, 15) is 9.90 Å². The van der Waals surface area contributed by atoms with Crippen LogP contribution in [0.15, 0.2) is 79.4 Å². The molecule has 35 heavy (non-hydrogen) atoms. The van der Waals surface area contributed by atoms with Gasteiger partial charge in [0, 0.05) is 30.1 Å². The van der Waals surface area contributed by atoms with Crippen LogP contribution in [0, 0.1) is 0 Å². The van der Waals surface area contributed by atoms with Crippen molar-refractivity contribution in [3.63, 3.8) is 0 Å². The number of aromatic hydroxyl groups is 1. The summed E-state index contributed by atoms with van der Waals surface area (Å²) < 4.78 is 5.20. The molecule has 2 heterocycles. The second-order valence-electron chi connectivity index (χ2n) is 7.95. The molecule has 0 aliphatic heterocycles. The maximum absolute atomic E-state index is 12.7. The summed E-state index contributed by atoms with van der Waals surface area (Å²) >= 11 is 0. The van der Waals surface area contributed by atoms with Gasteiger partial charge in [0.15, 0.2) is 11.5 Å². The largest absolute Gasteiger partial charge is 0.504 e. The molecule has 1 amide bonds. The molecule has 2 aromatic heterocycles. The molecule has 178 valence electrons. The summed E-state index contributed by atoms with van der Waals surface area (Å²) in [7, 11) is 1.50. The number of aromatic nitrogens is 3. The molecular formula is C27H27N5O3. The molecule has 0 aliphatic carbocycles. The molecule has 8 nitrogen and oxygen atoms in total. The Labute approximate surface area is 204 Å². The number of phenols is 1. The van der Waals surface area contributed by atoms with Crippen LogP contribution in [0.25, 0.3) is 11.3 Å². The number of nitrogens with zero attached hydrogens (tertiary/aromatic N) is 3. The first kappa shape index (κ1) is 23.7. The molecule has 0 spiro atoms. The van der Waals surface area contributed by atoms with Gasteiger partial charge in [0.2, 0.25) is 0 Å². The van der Waals surface area contributed by atoms with E-state index in [-0.39, 0.29) is 17.7 Å². The van der Waals surface area contributed by atoms with Crippen LogP contribution in [0.3, 0.4) is 0 Å². The minimum Gasteiger partial charge on any atom is -0.504 e. The number of pyridine rings is 1. The van der Waals surface area contributed by atoms with Crippen molar-refractivity contribution in [2.24, 2.45) is 0 Å². The van der Waals surface area contributed by atoms with Crippen LogP contribution in [-0.4, -0.2) is 33.1 Å². The number of benzene rings is 2. The molecule has 0 bridgehead atoms. The van der Waals surface area contributed by atoms with Gasteiger partial charge in [0.1, 0.15) is 5.82 Å². The highest BCUT2D eigenvalue weighted by atomic mass is 16.5. The Bertz CT molecular complexity index is 1300. The van der Waals surface area contributed by atoms with Crippen LogP contribution < -0.4 is 15.4 Å². The van der Waals surface area contributed by atoms with E-state index in [1.54, 1.807) is 49.1 Å². The summed E-state index contributed by atoms with van der Waals surface area (Å²) in [6.07, 6.45) is 7.53. The lowest BCUT2D eigenvalue weighted by Crippen LogP contribution is -2.23. The van der Waals surface area contributed by atoms with E-state index in [0.717, 1.165) is 23.1 Å². The maximum atomic E-state index is 12.7. The minimum absolute atomic E-state index is 0.0638. The van der Waals surface area contributed by atoms with Crippen molar-refractivity contribution in [2.75, 3.05) is 12.4 Å². The lowest BCUT2D eigenvalue weighted by molar-refractivity contribution is 0.0950. The molecule has 8 heteroatoms. The number of carbonyl (C=O) groups is 1. The highest BCUT2D eigenvalue weighted by molar-refractivity contribution is 5.94. The lowest BCUT2D eigenvalue weighted by atomic mass is 10.0. The zero-order valence-corrected chi connectivity index (χ0v) is 19.6. The molecule has 2 aromatic carbocycles. The standard InChI is InChI=1S/C27H27N5O3/c1-3-22(19-7-4-8-21(12-19)27(34)30-15-18-6-5-11-28-14-18)31-26-17-29-16-23(32-26)20-9-10-24(33)25(13-20)35-2/h4-14,16-17,22,33H,3,15H2,1-2H3,(H,30,34)(H,31,32). The molecule has 0 aliphatic rings. The molecular weight excluding hydrogens is 442 g/mol. The average Bonchev–Trinajstić information content (AvgIpc) is 2.91. The normalized spacial score (nSPS) is 11.5. The summed E-state index contributed by atoms with van der Waals surface area (Å²) in [5.41, 5.74) is 3.92. The number of ether oxygens (including phenoxy) is 1. The van der Waals surface area contributed by atoms with E-state index in [0.29, 0.717) is 29.4 Å². The number of hydrogen-bond donors (Lipinski definition) is 3. The number of amides is 1. The van der Waals surface area contributed by atoms with Crippen LogP contribution in [-0.2, 0) is 6.54 Å². The Balaban J connectivity index is 1.49. The number of nitrogens with one attached hydrogen (secondary N) is 2. The Morgan fingerprint density at radius 3 is 2.71 bits per heavy atom. The van der Waals surface area contributed by atoms with Gasteiger partial charge in [0.25, 0.3) is 5.91 Å². The van der Waals surface area contributed by atoms with Crippen molar-refractivity contribution in [1.29, 1.82) is 0 Å². The van der Waals surface area contributed by atoms with Crippen LogP contribution in [0.2, 0.25) is 0 Å². The van der Waals surface area contributed by atoms with Crippen molar-refractivity contribution >= 4 is 11.7 Å². The SMILES string of the molecule is CCC(Nc1cncc(-c2ccc(O)c(OC)c2)n1)c1cccc(C(=O)NCc2cccnc2)c1.